The third-order valence-corrected chi connectivity index (χ3v) is 3.67. The maximum atomic E-state index is 11.7. The normalized spacial score (nSPS) is 17.9. The van der Waals surface area contributed by atoms with Crippen molar-refractivity contribution >= 4 is 6.03 Å². The van der Waals surface area contributed by atoms with Crippen molar-refractivity contribution in [1.82, 2.24) is 10.6 Å². The Hall–Kier alpha value is -1.51. The molecule has 104 valence electrons. The smallest absolute Gasteiger partial charge is 0.314 e. The molecule has 0 radical (unpaired) electrons. The Morgan fingerprint density at radius 1 is 1.32 bits per heavy atom. The van der Waals surface area contributed by atoms with Gasteiger partial charge in [-0.25, -0.2) is 4.79 Å². The molecule has 0 fully saturated rings. The highest BCUT2D eigenvalue weighted by molar-refractivity contribution is 5.73. The molecular formula is C16H24N2O. The second-order valence-electron chi connectivity index (χ2n) is 5.77. The van der Waals surface area contributed by atoms with E-state index in [4.69, 9.17) is 0 Å². The number of nitrogens with one attached hydrogen (secondary N) is 2. The largest absolute Gasteiger partial charge is 0.338 e. The summed E-state index contributed by atoms with van der Waals surface area (Å²) < 4.78 is 0. The van der Waals surface area contributed by atoms with Gasteiger partial charge in [-0.2, -0.15) is 0 Å². The predicted octanol–water partition coefficient (Wildman–Crippen LogP) is 3.06. The number of aryl methyl sites for hydroxylation is 1. The Morgan fingerprint density at radius 2 is 2.11 bits per heavy atom. The summed E-state index contributed by atoms with van der Waals surface area (Å²) in [4.78, 5) is 11.7. The number of amides is 2. The molecule has 2 rings (SSSR count). The van der Waals surface area contributed by atoms with Crippen LogP contribution in [0.15, 0.2) is 24.3 Å². The number of carbonyl (C=O) groups is 1. The topological polar surface area (TPSA) is 41.1 Å². The lowest BCUT2D eigenvalue weighted by Gasteiger charge is -2.25. The van der Waals surface area contributed by atoms with Crippen molar-refractivity contribution in [2.45, 2.75) is 39.0 Å². The highest BCUT2D eigenvalue weighted by Crippen LogP contribution is 2.30. The number of rotatable bonds is 4. The molecule has 0 saturated heterocycles. The molecule has 0 heterocycles. The molecule has 3 nitrogen and oxygen atoms in total. The summed E-state index contributed by atoms with van der Waals surface area (Å²) >= 11 is 0. The zero-order valence-electron chi connectivity index (χ0n) is 11.9. The summed E-state index contributed by atoms with van der Waals surface area (Å²) in [5, 5.41) is 5.89. The van der Waals surface area contributed by atoms with Crippen LogP contribution in [0.1, 0.15) is 43.7 Å². The van der Waals surface area contributed by atoms with E-state index in [2.05, 4.69) is 48.7 Å². The number of benzene rings is 1. The first-order valence-electron chi connectivity index (χ1n) is 7.26. The van der Waals surface area contributed by atoms with Gasteiger partial charge in [0.2, 0.25) is 0 Å². The van der Waals surface area contributed by atoms with Gasteiger partial charge < -0.3 is 10.6 Å². The van der Waals surface area contributed by atoms with Gasteiger partial charge in [0.25, 0.3) is 0 Å². The van der Waals surface area contributed by atoms with Crippen LogP contribution in [-0.4, -0.2) is 19.1 Å². The van der Waals surface area contributed by atoms with E-state index in [-0.39, 0.29) is 6.03 Å². The molecule has 2 amide bonds. The van der Waals surface area contributed by atoms with Gasteiger partial charge >= 0.3 is 6.03 Å². The molecule has 1 aliphatic rings. The highest BCUT2D eigenvalue weighted by atomic mass is 16.2. The van der Waals surface area contributed by atoms with E-state index in [1.165, 1.54) is 30.4 Å². The van der Waals surface area contributed by atoms with E-state index < -0.39 is 0 Å². The van der Waals surface area contributed by atoms with Crippen molar-refractivity contribution in [3.05, 3.63) is 35.4 Å². The van der Waals surface area contributed by atoms with E-state index in [1.807, 2.05) is 0 Å². The summed E-state index contributed by atoms with van der Waals surface area (Å²) in [5.74, 6) is 0.955. The maximum absolute atomic E-state index is 11.7. The number of carbonyl (C=O) groups excluding carboxylic acids is 1. The summed E-state index contributed by atoms with van der Waals surface area (Å²) in [5.41, 5.74) is 2.86. The monoisotopic (exact) mass is 260 g/mol. The molecule has 2 N–H and O–H groups in total. The SMILES string of the molecule is CC(C)CNC(=O)NC[C@H]1CCCc2ccccc21. The fraction of sp³-hybridized carbons (Fsp3) is 0.562. The molecular weight excluding hydrogens is 236 g/mol. The van der Waals surface area contributed by atoms with Crippen molar-refractivity contribution in [3.8, 4) is 0 Å². The van der Waals surface area contributed by atoms with Crippen LogP contribution in [-0.2, 0) is 6.42 Å². The lowest BCUT2D eigenvalue weighted by atomic mass is 9.83. The number of fused-ring (bicyclic) bond motifs is 1. The Balaban J connectivity index is 1.86. The van der Waals surface area contributed by atoms with Crippen molar-refractivity contribution < 1.29 is 4.79 Å². The third kappa shape index (κ3) is 3.98. The summed E-state index contributed by atoms with van der Waals surface area (Å²) in [7, 11) is 0. The molecule has 3 heteroatoms. The second-order valence-corrected chi connectivity index (χ2v) is 5.77. The Bertz CT molecular complexity index is 429. The van der Waals surface area contributed by atoms with Crippen molar-refractivity contribution in [1.29, 1.82) is 0 Å². The minimum atomic E-state index is -0.0447. The van der Waals surface area contributed by atoms with Crippen molar-refractivity contribution in [2.24, 2.45) is 5.92 Å². The number of hydrogen-bond donors (Lipinski definition) is 2. The van der Waals surface area contributed by atoms with Gasteiger partial charge in [0.05, 0.1) is 0 Å². The Labute approximate surface area is 115 Å². The predicted molar refractivity (Wildman–Crippen MR) is 78.4 cm³/mol. The molecule has 1 aliphatic carbocycles. The molecule has 1 aromatic rings. The molecule has 19 heavy (non-hydrogen) atoms. The third-order valence-electron chi connectivity index (χ3n) is 3.67. The minimum absolute atomic E-state index is 0.0447. The van der Waals surface area contributed by atoms with E-state index >= 15 is 0 Å². The Morgan fingerprint density at radius 3 is 2.89 bits per heavy atom. The first kappa shape index (κ1) is 13.9. The summed E-state index contributed by atoms with van der Waals surface area (Å²) in [6.45, 7) is 5.66. The Kier molecular flexibility index (Phi) is 4.83. The molecule has 0 unspecified atom stereocenters. The van der Waals surface area contributed by atoms with Crippen molar-refractivity contribution in [2.75, 3.05) is 13.1 Å². The molecule has 0 saturated carbocycles. The van der Waals surface area contributed by atoms with Gasteiger partial charge in [0, 0.05) is 19.0 Å². The van der Waals surface area contributed by atoms with E-state index in [0.29, 0.717) is 11.8 Å². The van der Waals surface area contributed by atoms with Gasteiger partial charge in [-0.1, -0.05) is 38.1 Å². The van der Waals surface area contributed by atoms with Crippen LogP contribution in [0.2, 0.25) is 0 Å². The van der Waals surface area contributed by atoms with Crippen LogP contribution >= 0.6 is 0 Å². The van der Waals surface area contributed by atoms with Crippen LogP contribution in [0.25, 0.3) is 0 Å². The lowest BCUT2D eigenvalue weighted by molar-refractivity contribution is 0.238. The van der Waals surface area contributed by atoms with Crippen LogP contribution in [0, 0.1) is 5.92 Å². The van der Waals surface area contributed by atoms with Crippen LogP contribution in [0.5, 0.6) is 0 Å². The van der Waals surface area contributed by atoms with Crippen LogP contribution < -0.4 is 10.6 Å². The molecule has 0 spiro atoms. The fourth-order valence-electron chi connectivity index (χ4n) is 2.64. The standard InChI is InChI=1S/C16H24N2O/c1-12(2)10-17-16(19)18-11-14-8-5-7-13-6-3-4-9-15(13)14/h3-4,6,9,12,14H,5,7-8,10-11H2,1-2H3,(H2,17,18,19)/t14-/m1/s1. The van der Waals surface area contributed by atoms with Crippen molar-refractivity contribution in [3.63, 3.8) is 0 Å². The van der Waals surface area contributed by atoms with E-state index in [9.17, 15) is 4.79 Å². The molecule has 1 aromatic carbocycles. The summed E-state index contributed by atoms with van der Waals surface area (Å²) in [6, 6.07) is 8.56. The number of hydrogen-bond acceptors (Lipinski definition) is 1. The summed E-state index contributed by atoms with van der Waals surface area (Å²) in [6.07, 6.45) is 3.56. The first-order chi connectivity index (χ1) is 9.16. The molecule has 0 bridgehead atoms. The second kappa shape index (κ2) is 6.60. The average Bonchev–Trinajstić information content (AvgIpc) is 2.42. The van der Waals surface area contributed by atoms with Gasteiger partial charge in [-0.05, 0) is 36.3 Å². The van der Waals surface area contributed by atoms with Gasteiger partial charge in [-0.15, -0.1) is 0 Å². The van der Waals surface area contributed by atoms with E-state index in [0.717, 1.165) is 13.1 Å². The molecule has 0 aliphatic heterocycles. The van der Waals surface area contributed by atoms with Gasteiger partial charge in [-0.3, -0.25) is 0 Å². The zero-order chi connectivity index (χ0) is 13.7. The van der Waals surface area contributed by atoms with Gasteiger partial charge in [0.15, 0.2) is 0 Å². The molecule has 1 atom stereocenters. The lowest BCUT2D eigenvalue weighted by Crippen LogP contribution is -2.39. The molecule has 0 aromatic heterocycles. The van der Waals surface area contributed by atoms with Crippen LogP contribution in [0.3, 0.4) is 0 Å². The van der Waals surface area contributed by atoms with Gasteiger partial charge in [0.1, 0.15) is 0 Å². The highest BCUT2D eigenvalue weighted by Gasteiger charge is 2.19. The first-order valence-corrected chi connectivity index (χ1v) is 7.26. The van der Waals surface area contributed by atoms with E-state index in [1.54, 1.807) is 0 Å². The maximum Gasteiger partial charge on any atom is 0.314 e. The fourth-order valence-corrected chi connectivity index (χ4v) is 2.64. The van der Waals surface area contributed by atoms with Crippen LogP contribution in [0.4, 0.5) is 4.79 Å². The zero-order valence-corrected chi connectivity index (χ0v) is 11.9. The number of urea groups is 1. The average molecular weight is 260 g/mol. The quantitative estimate of drug-likeness (QED) is 0.858. The minimum Gasteiger partial charge on any atom is -0.338 e.